The first-order valence-electron chi connectivity index (χ1n) is 9.16. The van der Waals surface area contributed by atoms with E-state index in [1.54, 1.807) is 4.90 Å². The summed E-state index contributed by atoms with van der Waals surface area (Å²) >= 11 is 0. The number of para-hydroxylation sites is 1. The van der Waals surface area contributed by atoms with Crippen LogP contribution in [0.2, 0.25) is 0 Å². The fraction of sp³-hybridized carbons (Fsp3) is 0.364. The third-order valence-corrected chi connectivity index (χ3v) is 4.80. The van der Waals surface area contributed by atoms with Gasteiger partial charge in [0.15, 0.2) is 5.60 Å². The first-order valence-corrected chi connectivity index (χ1v) is 9.16. The van der Waals surface area contributed by atoms with Crippen LogP contribution in [0.5, 0.6) is 5.75 Å². The number of hydrogen-bond acceptors (Lipinski definition) is 4. The van der Waals surface area contributed by atoms with E-state index in [9.17, 15) is 14.7 Å². The molecular weight excluding hydrogens is 342 g/mol. The summed E-state index contributed by atoms with van der Waals surface area (Å²) in [6, 6.07) is 13.3. The number of benzene rings is 2. The van der Waals surface area contributed by atoms with Crippen LogP contribution in [0.15, 0.2) is 42.5 Å². The summed E-state index contributed by atoms with van der Waals surface area (Å²) in [5.41, 5.74) is 1.34. The van der Waals surface area contributed by atoms with Crippen LogP contribution in [0.3, 0.4) is 0 Å². The van der Waals surface area contributed by atoms with Crippen LogP contribution in [0.1, 0.15) is 36.5 Å². The van der Waals surface area contributed by atoms with Gasteiger partial charge in [-0.15, -0.1) is 0 Å². The largest absolute Gasteiger partial charge is 0.494 e. The molecule has 0 aliphatic carbocycles. The molecule has 1 heterocycles. The predicted octanol–water partition coefficient (Wildman–Crippen LogP) is 3.29. The molecule has 0 radical (unpaired) electrons. The van der Waals surface area contributed by atoms with E-state index in [1.807, 2.05) is 56.3 Å². The second-order valence-electron chi connectivity index (χ2n) is 7.19. The van der Waals surface area contributed by atoms with Crippen molar-refractivity contribution in [2.45, 2.75) is 39.2 Å². The summed E-state index contributed by atoms with van der Waals surface area (Å²) in [7, 11) is 0. The zero-order chi connectivity index (χ0) is 19.6. The molecular formula is C22H25NO4. The van der Waals surface area contributed by atoms with Gasteiger partial charge in [0.1, 0.15) is 11.5 Å². The molecule has 1 N–H and O–H groups in total. The van der Waals surface area contributed by atoms with Crippen molar-refractivity contribution in [3.63, 3.8) is 0 Å². The van der Waals surface area contributed by atoms with E-state index >= 15 is 0 Å². The third-order valence-electron chi connectivity index (χ3n) is 4.80. The number of nitrogens with zero attached hydrogens (tertiary/aromatic N) is 1. The quantitative estimate of drug-likeness (QED) is 0.763. The van der Waals surface area contributed by atoms with Crippen molar-refractivity contribution in [3.05, 3.63) is 59.2 Å². The molecule has 5 nitrogen and oxygen atoms in total. The number of anilines is 1. The maximum absolute atomic E-state index is 13.0. The minimum absolute atomic E-state index is 0.210. The second-order valence-corrected chi connectivity index (χ2v) is 7.19. The van der Waals surface area contributed by atoms with Crippen LogP contribution >= 0.6 is 0 Å². The number of carbonyl (C=O) groups is 2. The lowest BCUT2D eigenvalue weighted by molar-refractivity contribution is -0.141. The van der Waals surface area contributed by atoms with Crippen LogP contribution in [0.25, 0.3) is 0 Å². The van der Waals surface area contributed by atoms with Gasteiger partial charge in [-0.1, -0.05) is 35.9 Å². The van der Waals surface area contributed by atoms with Gasteiger partial charge in [-0.25, -0.2) is 0 Å². The molecule has 5 heteroatoms. The van der Waals surface area contributed by atoms with Crippen molar-refractivity contribution >= 4 is 17.4 Å². The molecule has 1 unspecified atom stereocenters. The van der Waals surface area contributed by atoms with E-state index < -0.39 is 11.5 Å². The Morgan fingerprint density at radius 3 is 2.56 bits per heavy atom. The molecule has 3 rings (SSSR count). The Hall–Kier alpha value is -2.66. The first kappa shape index (κ1) is 19.1. The molecule has 2 aromatic carbocycles. The lowest BCUT2D eigenvalue weighted by Crippen LogP contribution is -2.42. The molecule has 0 aromatic heterocycles. The van der Waals surface area contributed by atoms with Gasteiger partial charge in [0.2, 0.25) is 0 Å². The summed E-state index contributed by atoms with van der Waals surface area (Å²) < 4.78 is 5.70. The molecule has 0 bridgehead atoms. The number of carbonyl (C=O) groups excluding carboxylic acids is 2. The lowest BCUT2D eigenvalue weighted by atomic mass is 9.88. The Morgan fingerprint density at radius 2 is 1.89 bits per heavy atom. The highest BCUT2D eigenvalue weighted by Crippen LogP contribution is 2.45. The Kier molecular flexibility index (Phi) is 5.33. The van der Waals surface area contributed by atoms with E-state index in [2.05, 4.69) is 0 Å². The van der Waals surface area contributed by atoms with Crippen LogP contribution in [-0.2, 0) is 15.2 Å². The highest BCUT2D eigenvalue weighted by Gasteiger charge is 2.50. The second kappa shape index (κ2) is 7.53. The average Bonchev–Trinajstić information content (AvgIpc) is 2.81. The normalized spacial score (nSPS) is 18.5. The van der Waals surface area contributed by atoms with Crippen molar-refractivity contribution in [3.8, 4) is 5.75 Å². The molecule has 1 aliphatic rings. The van der Waals surface area contributed by atoms with Crippen molar-refractivity contribution in [2.24, 2.45) is 0 Å². The highest BCUT2D eigenvalue weighted by atomic mass is 16.5. The molecule has 142 valence electrons. The molecule has 27 heavy (non-hydrogen) atoms. The number of aliphatic hydroxyl groups is 1. The number of Topliss-reactive ketones (excluding diaryl/α,β-unsaturated/α-hetero) is 1. The number of ether oxygens (including phenoxy) is 1. The van der Waals surface area contributed by atoms with Crippen LogP contribution in [-0.4, -0.2) is 29.9 Å². The first-order chi connectivity index (χ1) is 12.8. The summed E-state index contributed by atoms with van der Waals surface area (Å²) in [6.07, 6.45) is 0.405. The van der Waals surface area contributed by atoms with E-state index in [0.29, 0.717) is 30.8 Å². The predicted molar refractivity (Wildman–Crippen MR) is 104 cm³/mol. The Morgan fingerprint density at radius 1 is 1.19 bits per heavy atom. The molecule has 0 fully saturated rings. The summed E-state index contributed by atoms with van der Waals surface area (Å²) in [4.78, 5) is 26.3. The maximum Gasteiger partial charge on any atom is 0.264 e. The standard InChI is InChI=1S/C22H25NO4/c1-15-12-16(2)20-19(13-15)22(26,14-17(3)24)21(25)23(20)10-7-11-27-18-8-5-4-6-9-18/h4-6,8-9,12-13,26H,7,10-11,14H2,1-3H3. The lowest BCUT2D eigenvalue weighted by Gasteiger charge is -2.22. The van der Waals surface area contributed by atoms with E-state index in [4.69, 9.17) is 4.74 Å². The van der Waals surface area contributed by atoms with Gasteiger partial charge < -0.3 is 14.7 Å². The van der Waals surface area contributed by atoms with E-state index in [1.165, 1.54) is 6.92 Å². The van der Waals surface area contributed by atoms with E-state index in [-0.39, 0.29) is 12.2 Å². The average molecular weight is 367 g/mol. The summed E-state index contributed by atoms with van der Waals surface area (Å²) in [5, 5.41) is 11.1. The van der Waals surface area contributed by atoms with Gasteiger partial charge in [0, 0.05) is 18.5 Å². The fourth-order valence-electron chi connectivity index (χ4n) is 3.75. The molecule has 2 aromatic rings. The van der Waals surface area contributed by atoms with Gasteiger partial charge in [-0.2, -0.15) is 0 Å². The van der Waals surface area contributed by atoms with Crippen molar-refractivity contribution in [2.75, 3.05) is 18.1 Å². The van der Waals surface area contributed by atoms with Gasteiger partial charge in [-0.05, 0) is 44.9 Å². The topological polar surface area (TPSA) is 66.8 Å². The Labute approximate surface area is 159 Å². The third kappa shape index (κ3) is 3.74. The Balaban J connectivity index is 1.80. The minimum atomic E-state index is -1.78. The molecule has 0 saturated carbocycles. The van der Waals surface area contributed by atoms with Gasteiger partial charge in [-0.3, -0.25) is 9.59 Å². The number of ketones is 1. The maximum atomic E-state index is 13.0. The molecule has 0 spiro atoms. The van der Waals surface area contributed by atoms with Gasteiger partial charge in [0.25, 0.3) is 5.91 Å². The monoisotopic (exact) mass is 367 g/mol. The number of amides is 1. The zero-order valence-electron chi connectivity index (χ0n) is 16.0. The SMILES string of the molecule is CC(=O)CC1(O)C(=O)N(CCCOc2ccccc2)c2c(C)cc(C)cc21. The van der Waals surface area contributed by atoms with Gasteiger partial charge in [0.05, 0.1) is 12.3 Å². The summed E-state index contributed by atoms with van der Waals surface area (Å²) in [6.45, 7) is 6.11. The zero-order valence-corrected chi connectivity index (χ0v) is 16.0. The highest BCUT2D eigenvalue weighted by molar-refractivity contribution is 6.09. The van der Waals surface area contributed by atoms with Gasteiger partial charge >= 0.3 is 0 Å². The number of hydrogen-bond donors (Lipinski definition) is 1. The van der Waals surface area contributed by atoms with Crippen LogP contribution < -0.4 is 9.64 Å². The van der Waals surface area contributed by atoms with Crippen molar-refractivity contribution in [1.29, 1.82) is 0 Å². The Bertz CT molecular complexity index is 862. The van der Waals surface area contributed by atoms with Crippen LogP contribution in [0, 0.1) is 13.8 Å². The summed E-state index contributed by atoms with van der Waals surface area (Å²) in [5.74, 6) is 0.136. The molecule has 1 aliphatic heterocycles. The van der Waals surface area contributed by atoms with E-state index in [0.717, 1.165) is 16.9 Å². The van der Waals surface area contributed by atoms with Crippen LogP contribution in [0.4, 0.5) is 5.69 Å². The van der Waals surface area contributed by atoms with Crippen molar-refractivity contribution in [1.82, 2.24) is 0 Å². The molecule has 0 saturated heterocycles. The van der Waals surface area contributed by atoms with Crippen molar-refractivity contribution < 1.29 is 19.4 Å². The minimum Gasteiger partial charge on any atom is -0.494 e. The number of fused-ring (bicyclic) bond motifs is 1. The smallest absolute Gasteiger partial charge is 0.264 e. The molecule has 1 atom stereocenters. The number of rotatable bonds is 7. The fourth-order valence-corrected chi connectivity index (χ4v) is 3.75. The molecule has 1 amide bonds. The number of aryl methyl sites for hydroxylation is 2.